The molecule has 0 bridgehead atoms. The SMILES string of the molecule is COc1cc(Cn2c(C)cc(C(=O)O)c2C)ccn1. The van der Waals surface area contributed by atoms with Crippen LogP contribution in [0.5, 0.6) is 5.88 Å². The number of rotatable bonds is 4. The first-order valence-electron chi connectivity index (χ1n) is 5.92. The number of pyridine rings is 1. The first kappa shape index (κ1) is 13.1. The number of aromatic nitrogens is 2. The minimum atomic E-state index is -0.897. The number of carbonyl (C=O) groups is 1. The third-order valence-corrected chi connectivity index (χ3v) is 3.15. The monoisotopic (exact) mass is 260 g/mol. The zero-order chi connectivity index (χ0) is 14.0. The summed E-state index contributed by atoms with van der Waals surface area (Å²) in [6.45, 7) is 4.32. The molecule has 0 amide bonds. The molecule has 0 fully saturated rings. The lowest BCUT2D eigenvalue weighted by atomic mass is 10.2. The Bertz CT molecular complexity index is 617. The van der Waals surface area contributed by atoms with Crippen LogP contribution in [0, 0.1) is 13.8 Å². The Balaban J connectivity index is 2.35. The van der Waals surface area contributed by atoms with Crippen LogP contribution in [0.15, 0.2) is 24.4 Å². The van der Waals surface area contributed by atoms with Gasteiger partial charge in [0.15, 0.2) is 0 Å². The highest BCUT2D eigenvalue weighted by Gasteiger charge is 2.14. The number of hydrogen-bond donors (Lipinski definition) is 1. The van der Waals surface area contributed by atoms with Crippen molar-refractivity contribution < 1.29 is 14.6 Å². The van der Waals surface area contributed by atoms with Gasteiger partial charge in [-0.3, -0.25) is 0 Å². The summed E-state index contributed by atoms with van der Waals surface area (Å²) in [4.78, 5) is 15.1. The van der Waals surface area contributed by atoms with Crippen LogP contribution in [0.1, 0.15) is 27.3 Å². The second-order valence-corrected chi connectivity index (χ2v) is 4.38. The maximum Gasteiger partial charge on any atom is 0.337 e. The van der Waals surface area contributed by atoms with Gasteiger partial charge >= 0.3 is 5.97 Å². The molecule has 1 N–H and O–H groups in total. The predicted octanol–water partition coefficient (Wildman–Crippen LogP) is 2.26. The summed E-state index contributed by atoms with van der Waals surface area (Å²) in [5.74, 6) is -0.343. The van der Waals surface area contributed by atoms with Crippen LogP contribution in [0.25, 0.3) is 0 Å². The van der Waals surface area contributed by atoms with E-state index >= 15 is 0 Å². The van der Waals surface area contributed by atoms with Crippen molar-refractivity contribution in [3.8, 4) is 5.88 Å². The summed E-state index contributed by atoms with van der Waals surface area (Å²) in [5.41, 5.74) is 3.04. The molecule has 5 heteroatoms. The normalized spacial score (nSPS) is 10.5. The lowest BCUT2D eigenvalue weighted by Crippen LogP contribution is -2.06. The highest BCUT2D eigenvalue weighted by Crippen LogP contribution is 2.18. The number of nitrogens with zero attached hydrogens (tertiary/aromatic N) is 2. The molecule has 0 unspecified atom stereocenters. The largest absolute Gasteiger partial charge is 0.481 e. The van der Waals surface area contributed by atoms with Crippen molar-refractivity contribution in [1.82, 2.24) is 9.55 Å². The second-order valence-electron chi connectivity index (χ2n) is 4.38. The van der Waals surface area contributed by atoms with Gasteiger partial charge in [-0.15, -0.1) is 0 Å². The Morgan fingerprint density at radius 2 is 2.16 bits per heavy atom. The first-order valence-corrected chi connectivity index (χ1v) is 5.92. The van der Waals surface area contributed by atoms with Gasteiger partial charge in [-0.1, -0.05) is 0 Å². The van der Waals surface area contributed by atoms with Crippen molar-refractivity contribution in [2.75, 3.05) is 7.11 Å². The van der Waals surface area contributed by atoms with Crippen molar-refractivity contribution in [3.05, 3.63) is 46.9 Å². The highest BCUT2D eigenvalue weighted by molar-refractivity contribution is 5.89. The molecule has 5 nitrogen and oxygen atoms in total. The van der Waals surface area contributed by atoms with Gasteiger partial charge in [-0.2, -0.15) is 0 Å². The first-order chi connectivity index (χ1) is 9.02. The van der Waals surface area contributed by atoms with E-state index in [-0.39, 0.29) is 0 Å². The van der Waals surface area contributed by atoms with Gasteiger partial charge in [0, 0.05) is 30.2 Å². The lowest BCUT2D eigenvalue weighted by Gasteiger charge is -2.10. The third kappa shape index (κ3) is 2.59. The third-order valence-electron chi connectivity index (χ3n) is 3.15. The van der Waals surface area contributed by atoms with Crippen LogP contribution in [0.2, 0.25) is 0 Å². The quantitative estimate of drug-likeness (QED) is 0.915. The fourth-order valence-electron chi connectivity index (χ4n) is 2.10. The van der Waals surface area contributed by atoms with Crippen molar-refractivity contribution >= 4 is 5.97 Å². The van der Waals surface area contributed by atoms with Gasteiger partial charge in [0.05, 0.1) is 12.7 Å². The summed E-state index contributed by atoms with van der Waals surface area (Å²) >= 11 is 0. The molecule has 0 saturated carbocycles. The zero-order valence-electron chi connectivity index (χ0n) is 11.2. The highest BCUT2D eigenvalue weighted by atomic mass is 16.5. The number of methoxy groups -OCH3 is 1. The summed E-state index contributed by atoms with van der Waals surface area (Å²) in [5, 5.41) is 9.11. The van der Waals surface area contributed by atoms with Gasteiger partial charge in [0.2, 0.25) is 5.88 Å². The van der Waals surface area contributed by atoms with E-state index in [0.29, 0.717) is 18.0 Å². The Morgan fingerprint density at radius 1 is 1.42 bits per heavy atom. The van der Waals surface area contributed by atoms with E-state index < -0.39 is 5.97 Å². The molecular weight excluding hydrogens is 244 g/mol. The molecule has 0 atom stereocenters. The van der Waals surface area contributed by atoms with Gasteiger partial charge in [-0.25, -0.2) is 9.78 Å². The molecule has 0 spiro atoms. The zero-order valence-corrected chi connectivity index (χ0v) is 11.2. The van der Waals surface area contributed by atoms with E-state index in [4.69, 9.17) is 9.84 Å². The fraction of sp³-hybridized carbons (Fsp3) is 0.286. The molecule has 2 aromatic heterocycles. The van der Waals surface area contributed by atoms with Crippen molar-refractivity contribution in [3.63, 3.8) is 0 Å². The van der Waals surface area contributed by atoms with Gasteiger partial charge in [0.1, 0.15) is 0 Å². The molecule has 19 heavy (non-hydrogen) atoms. The van der Waals surface area contributed by atoms with Crippen LogP contribution >= 0.6 is 0 Å². The Morgan fingerprint density at radius 3 is 2.74 bits per heavy atom. The van der Waals surface area contributed by atoms with Crippen molar-refractivity contribution in [2.45, 2.75) is 20.4 Å². The second kappa shape index (κ2) is 5.14. The predicted molar refractivity (Wildman–Crippen MR) is 70.8 cm³/mol. The van der Waals surface area contributed by atoms with Crippen LogP contribution < -0.4 is 4.74 Å². The van der Waals surface area contributed by atoms with E-state index in [0.717, 1.165) is 17.0 Å². The van der Waals surface area contributed by atoms with Crippen LogP contribution in [-0.4, -0.2) is 27.7 Å². The average molecular weight is 260 g/mol. The fourth-order valence-corrected chi connectivity index (χ4v) is 2.10. The molecule has 0 aromatic carbocycles. The number of ether oxygens (including phenoxy) is 1. The van der Waals surface area contributed by atoms with Crippen LogP contribution in [0.4, 0.5) is 0 Å². The summed E-state index contributed by atoms with van der Waals surface area (Å²) in [7, 11) is 1.57. The molecule has 100 valence electrons. The molecular formula is C14H16N2O3. The Hall–Kier alpha value is -2.30. The summed E-state index contributed by atoms with van der Waals surface area (Å²) in [6.07, 6.45) is 1.68. The number of carboxylic acids is 1. The van der Waals surface area contributed by atoms with E-state index in [2.05, 4.69) is 4.98 Å². The van der Waals surface area contributed by atoms with E-state index in [1.54, 1.807) is 19.4 Å². The molecule has 0 saturated heterocycles. The topological polar surface area (TPSA) is 64.3 Å². The van der Waals surface area contributed by atoms with Crippen LogP contribution in [-0.2, 0) is 6.54 Å². The minimum Gasteiger partial charge on any atom is -0.481 e. The number of aryl methyl sites for hydroxylation is 1. The lowest BCUT2D eigenvalue weighted by molar-refractivity contribution is 0.0696. The van der Waals surface area contributed by atoms with Gasteiger partial charge < -0.3 is 14.4 Å². The van der Waals surface area contributed by atoms with Crippen molar-refractivity contribution in [2.24, 2.45) is 0 Å². The molecule has 2 rings (SSSR count). The van der Waals surface area contributed by atoms with E-state index in [9.17, 15) is 4.79 Å². The Kier molecular flexibility index (Phi) is 3.55. The molecule has 2 aromatic rings. The van der Waals surface area contributed by atoms with Crippen molar-refractivity contribution in [1.29, 1.82) is 0 Å². The van der Waals surface area contributed by atoms with Gasteiger partial charge in [-0.05, 0) is 31.5 Å². The standard InChI is InChI=1S/C14H16N2O3/c1-9-6-12(14(17)18)10(2)16(9)8-11-4-5-15-13(7-11)19-3/h4-7H,8H2,1-3H3,(H,17,18). The summed E-state index contributed by atoms with van der Waals surface area (Å²) < 4.78 is 7.05. The van der Waals surface area contributed by atoms with Gasteiger partial charge in [0.25, 0.3) is 0 Å². The maximum atomic E-state index is 11.1. The maximum absolute atomic E-state index is 11.1. The molecule has 0 aliphatic carbocycles. The molecule has 2 heterocycles. The number of carboxylic acid groups (broad SMARTS) is 1. The molecule has 0 aliphatic heterocycles. The number of hydrogen-bond acceptors (Lipinski definition) is 3. The van der Waals surface area contributed by atoms with E-state index in [1.807, 2.05) is 30.5 Å². The summed E-state index contributed by atoms with van der Waals surface area (Å²) in [6, 6.07) is 5.43. The van der Waals surface area contributed by atoms with E-state index in [1.165, 1.54) is 0 Å². The van der Waals surface area contributed by atoms with Crippen LogP contribution in [0.3, 0.4) is 0 Å². The minimum absolute atomic E-state index is 0.346. The number of aromatic carboxylic acids is 1. The average Bonchev–Trinajstić information content (AvgIpc) is 2.67. The molecule has 0 aliphatic rings. The smallest absolute Gasteiger partial charge is 0.337 e. The molecule has 0 radical (unpaired) electrons. The Labute approximate surface area is 111 Å².